The zero-order chi connectivity index (χ0) is 14.7. The van der Waals surface area contributed by atoms with Crippen LogP contribution in [0.3, 0.4) is 0 Å². The van der Waals surface area contributed by atoms with Crippen LogP contribution >= 0.6 is 27.3 Å². The molecule has 0 saturated heterocycles. The van der Waals surface area contributed by atoms with Crippen molar-refractivity contribution in [3.8, 4) is 0 Å². The van der Waals surface area contributed by atoms with Gasteiger partial charge in [-0.25, -0.2) is 0 Å². The molecule has 0 aliphatic heterocycles. The lowest BCUT2D eigenvalue weighted by Crippen LogP contribution is -2.26. The van der Waals surface area contributed by atoms with Crippen LogP contribution in [0.4, 0.5) is 0 Å². The van der Waals surface area contributed by atoms with E-state index in [0.717, 1.165) is 17.4 Å². The number of thiophene rings is 1. The summed E-state index contributed by atoms with van der Waals surface area (Å²) in [5.41, 5.74) is 2.64. The van der Waals surface area contributed by atoms with E-state index >= 15 is 0 Å². The van der Waals surface area contributed by atoms with Gasteiger partial charge in [-0.05, 0) is 59.8 Å². The molecule has 110 valence electrons. The van der Waals surface area contributed by atoms with Gasteiger partial charge in [0.15, 0.2) is 0 Å². The van der Waals surface area contributed by atoms with Crippen LogP contribution in [0, 0.1) is 0 Å². The second-order valence-electron chi connectivity index (χ2n) is 5.07. The molecular formula is C15H22BrN3S. The van der Waals surface area contributed by atoms with Crippen LogP contribution in [0.2, 0.25) is 0 Å². The summed E-state index contributed by atoms with van der Waals surface area (Å²) in [5, 5.41) is 10.3. The van der Waals surface area contributed by atoms with E-state index in [1.54, 1.807) is 0 Å². The SMILES string of the molecule is CCNC(c1sccc1CC)c1c(Br)cnn1C(C)C. The van der Waals surface area contributed by atoms with Crippen LogP contribution in [0.15, 0.2) is 22.1 Å². The molecule has 0 fully saturated rings. The van der Waals surface area contributed by atoms with Crippen molar-refractivity contribution in [1.29, 1.82) is 0 Å². The summed E-state index contributed by atoms with van der Waals surface area (Å²) in [5.74, 6) is 0. The van der Waals surface area contributed by atoms with E-state index in [2.05, 4.69) is 70.2 Å². The molecule has 3 nitrogen and oxygen atoms in total. The van der Waals surface area contributed by atoms with Crippen LogP contribution in [-0.2, 0) is 6.42 Å². The zero-order valence-electron chi connectivity index (χ0n) is 12.5. The summed E-state index contributed by atoms with van der Waals surface area (Å²) in [6.45, 7) is 9.63. The molecule has 2 aromatic heterocycles. The van der Waals surface area contributed by atoms with Crippen molar-refractivity contribution in [2.75, 3.05) is 6.54 Å². The highest BCUT2D eigenvalue weighted by Crippen LogP contribution is 2.35. The summed E-state index contributed by atoms with van der Waals surface area (Å²) in [7, 11) is 0. The van der Waals surface area contributed by atoms with E-state index in [1.165, 1.54) is 16.1 Å². The van der Waals surface area contributed by atoms with E-state index in [0.29, 0.717) is 6.04 Å². The maximum atomic E-state index is 4.52. The molecular weight excluding hydrogens is 334 g/mol. The molecule has 0 radical (unpaired) electrons. The Morgan fingerprint density at radius 1 is 1.40 bits per heavy atom. The summed E-state index contributed by atoms with van der Waals surface area (Å²) in [6.07, 6.45) is 2.97. The Morgan fingerprint density at radius 2 is 2.15 bits per heavy atom. The van der Waals surface area contributed by atoms with Crippen molar-refractivity contribution in [2.45, 2.75) is 46.2 Å². The minimum Gasteiger partial charge on any atom is -0.305 e. The number of halogens is 1. The maximum Gasteiger partial charge on any atom is 0.0856 e. The first-order chi connectivity index (χ1) is 9.60. The molecule has 1 atom stereocenters. The van der Waals surface area contributed by atoms with Gasteiger partial charge in [-0.2, -0.15) is 5.10 Å². The number of hydrogen-bond acceptors (Lipinski definition) is 3. The fraction of sp³-hybridized carbons (Fsp3) is 0.533. The van der Waals surface area contributed by atoms with Gasteiger partial charge in [0.05, 0.1) is 22.4 Å². The topological polar surface area (TPSA) is 29.9 Å². The van der Waals surface area contributed by atoms with Gasteiger partial charge in [0, 0.05) is 10.9 Å². The van der Waals surface area contributed by atoms with Crippen molar-refractivity contribution in [1.82, 2.24) is 15.1 Å². The van der Waals surface area contributed by atoms with Crippen molar-refractivity contribution >= 4 is 27.3 Å². The molecule has 2 heterocycles. The molecule has 0 aliphatic rings. The van der Waals surface area contributed by atoms with Gasteiger partial charge in [-0.1, -0.05) is 13.8 Å². The minimum atomic E-state index is 0.203. The van der Waals surface area contributed by atoms with E-state index < -0.39 is 0 Å². The Balaban J connectivity index is 2.51. The predicted octanol–water partition coefficient (Wildman–Crippen LogP) is 4.55. The van der Waals surface area contributed by atoms with Gasteiger partial charge in [-0.3, -0.25) is 4.68 Å². The van der Waals surface area contributed by atoms with Crippen LogP contribution < -0.4 is 5.32 Å². The van der Waals surface area contributed by atoms with Crippen molar-refractivity contribution in [3.63, 3.8) is 0 Å². The van der Waals surface area contributed by atoms with Crippen LogP contribution in [0.1, 0.15) is 55.9 Å². The van der Waals surface area contributed by atoms with Gasteiger partial charge < -0.3 is 5.32 Å². The Labute approximate surface area is 133 Å². The highest BCUT2D eigenvalue weighted by molar-refractivity contribution is 9.10. The highest BCUT2D eigenvalue weighted by atomic mass is 79.9. The first kappa shape index (κ1) is 15.7. The second kappa shape index (κ2) is 6.87. The Bertz CT molecular complexity index is 559. The molecule has 1 unspecified atom stereocenters. The summed E-state index contributed by atoms with van der Waals surface area (Å²) < 4.78 is 3.18. The van der Waals surface area contributed by atoms with Gasteiger partial charge in [0.2, 0.25) is 0 Å². The third kappa shape index (κ3) is 3.00. The Kier molecular flexibility index (Phi) is 5.41. The van der Waals surface area contributed by atoms with Gasteiger partial charge in [-0.15, -0.1) is 11.3 Å². The number of nitrogens with one attached hydrogen (secondary N) is 1. The van der Waals surface area contributed by atoms with Crippen LogP contribution in [0.25, 0.3) is 0 Å². The maximum absolute atomic E-state index is 4.52. The largest absolute Gasteiger partial charge is 0.305 e. The molecule has 0 bridgehead atoms. The molecule has 20 heavy (non-hydrogen) atoms. The Morgan fingerprint density at radius 3 is 2.75 bits per heavy atom. The van der Waals surface area contributed by atoms with Crippen molar-refractivity contribution < 1.29 is 0 Å². The molecule has 2 aromatic rings. The monoisotopic (exact) mass is 355 g/mol. The molecule has 5 heteroatoms. The van der Waals surface area contributed by atoms with E-state index in [4.69, 9.17) is 0 Å². The number of aryl methyl sites for hydroxylation is 1. The summed E-state index contributed by atoms with van der Waals surface area (Å²) in [6, 6.07) is 2.78. The minimum absolute atomic E-state index is 0.203. The van der Waals surface area contributed by atoms with E-state index in [-0.39, 0.29) is 6.04 Å². The lowest BCUT2D eigenvalue weighted by Gasteiger charge is -2.22. The van der Waals surface area contributed by atoms with Crippen LogP contribution in [-0.4, -0.2) is 16.3 Å². The van der Waals surface area contributed by atoms with E-state index in [1.807, 2.05) is 17.5 Å². The van der Waals surface area contributed by atoms with Crippen molar-refractivity contribution in [2.24, 2.45) is 0 Å². The fourth-order valence-corrected chi connectivity index (χ4v) is 4.02. The van der Waals surface area contributed by atoms with Gasteiger partial charge in [0.1, 0.15) is 0 Å². The van der Waals surface area contributed by atoms with Gasteiger partial charge >= 0.3 is 0 Å². The Hall–Kier alpha value is -0.650. The summed E-state index contributed by atoms with van der Waals surface area (Å²) >= 11 is 5.49. The predicted molar refractivity (Wildman–Crippen MR) is 89.5 cm³/mol. The average Bonchev–Trinajstić information content (AvgIpc) is 3.02. The van der Waals surface area contributed by atoms with E-state index in [9.17, 15) is 0 Å². The third-order valence-electron chi connectivity index (χ3n) is 3.38. The van der Waals surface area contributed by atoms with Crippen molar-refractivity contribution in [3.05, 3.63) is 38.3 Å². The number of rotatable bonds is 6. The first-order valence-electron chi connectivity index (χ1n) is 7.12. The first-order valence-corrected chi connectivity index (χ1v) is 8.79. The molecule has 2 rings (SSSR count). The molecule has 1 N–H and O–H groups in total. The normalized spacial score (nSPS) is 13.1. The lowest BCUT2D eigenvalue weighted by atomic mass is 10.1. The molecule has 0 amide bonds. The molecule has 0 aromatic carbocycles. The quantitative estimate of drug-likeness (QED) is 0.823. The molecule has 0 spiro atoms. The number of hydrogen-bond donors (Lipinski definition) is 1. The zero-order valence-corrected chi connectivity index (χ0v) is 14.9. The molecule has 0 aliphatic carbocycles. The van der Waals surface area contributed by atoms with Gasteiger partial charge in [0.25, 0.3) is 0 Å². The lowest BCUT2D eigenvalue weighted by molar-refractivity contribution is 0.476. The third-order valence-corrected chi connectivity index (χ3v) is 5.02. The summed E-state index contributed by atoms with van der Waals surface area (Å²) in [4.78, 5) is 1.40. The number of aromatic nitrogens is 2. The smallest absolute Gasteiger partial charge is 0.0856 e. The average molecular weight is 356 g/mol. The standard InChI is InChI=1S/C15H22BrN3S/c1-5-11-7-8-20-15(11)13(17-6-2)14-12(16)9-18-19(14)10(3)4/h7-10,13,17H,5-6H2,1-4H3. The second-order valence-corrected chi connectivity index (χ2v) is 6.87. The van der Waals surface area contributed by atoms with Crippen LogP contribution in [0.5, 0.6) is 0 Å². The molecule has 0 saturated carbocycles. The number of nitrogens with zero attached hydrogens (tertiary/aromatic N) is 2. The highest BCUT2D eigenvalue weighted by Gasteiger charge is 2.25. The fourth-order valence-electron chi connectivity index (χ4n) is 2.44.